The average Bonchev–Trinajstić information content (AvgIpc) is 2.41. The normalized spacial score (nSPS) is 10.5. The van der Waals surface area contributed by atoms with E-state index in [-0.39, 0.29) is 5.70 Å². The highest BCUT2D eigenvalue weighted by Crippen LogP contribution is 2.31. The first-order chi connectivity index (χ1) is 8.93. The minimum atomic E-state index is -1.01. The van der Waals surface area contributed by atoms with Crippen molar-refractivity contribution in [1.82, 2.24) is 0 Å². The summed E-state index contributed by atoms with van der Waals surface area (Å²) in [6.45, 7) is 7.64. The minimum absolute atomic E-state index is 0.0674. The molecule has 0 atom stereocenters. The van der Waals surface area contributed by atoms with Crippen molar-refractivity contribution >= 4 is 22.4 Å². The molecule has 0 bridgehead atoms. The van der Waals surface area contributed by atoms with E-state index in [0.717, 1.165) is 22.2 Å². The molecule has 2 aromatic rings. The topological polar surface area (TPSA) is 40.5 Å². The van der Waals surface area contributed by atoms with Gasteiger partial charge in [-0.1, -0.05) is 30.8 Å². The first-order valence-electron chi connectivity index (χ1n) is 6.08. The van der Waals surface area contributed by atoms with Gasteiger partial charge in [-0.15, -0.1) is 0 Å². The summed E-state index contributed by atoms with van der Waals surface area (Å²) in [7, 11) is 1.73. The zero-order valence-corrected chi connectivity index (χ0v) is 11.4. The van der Waals surface area contributed by atoms with Gasteiger partial charge in [-0.05, 0) is 41.8 Å². The quantitative estimate of drug-likeness (QED) is 0.853. The number of anilines is 1. The molecule has 3 nitrogen and oxygen atoms in total. The maximum absolute atomic E-state index is 11.0. The van der Waals surface area contributed by atoms with E-state index in [2.05, 4.69) is 18.7 Å². The lowest BCUT2D eigenvalue weighted by atomic mass is 9.98. The van der Waals surface area contributed by atoms with E-state index < -0.39 is 5.97 Å². The molecule has 1 N–H and O–H groups in total. The Hall–Kier alpha value is -2.29. The first-order valence-corrected chi connectivity index (χ1v) is 6.08. The van der Waals surface area contributed by atoms with Gasteiger partial charge in [-0.25, -0.2) is 4.79 Å². The van der Waals surface area contributed by atoms with Crippen molar-refractivity contribution in [3.8, 4) is 0 Å². The molecular formula is C16H17NO2. The van der Waals surface area contributed by atoms with Crippen LogP contribution in [0.25, 0.3) is 10.8 Å². The van der Waals surface area contributed by atoms with E-state index in [1.54, 1.807) is 11.9 Å². The van der Waals surface area contributed by atoms with Gasteiger partial charge in [0.2, 0.25) is 0 Å². The van der Waals surface area contributed by atoms with Crippen LogP contribution in [0.2, 0.25) is 0 Å². The fourth-order valence-electron chi connectivity index (χ4n) is 2.32. The van der Waals surface area contributed by atoms with Crippen LogP contribution in [0, 0.1) is 13.8 Å². The maximum Gasteiger partial charge on any atom is 0.351 e. The van der Waals surface area contributed by atoms with E-state index in [0.29, 0.717) is 0 Å². The van der Waals surface area contributed by atoms with Crippen molar-refractivity contribution in [3.05, 3.63) is 53.7 Å². The number of aryl methyl sites for hydroxylation is 2. The second kappa shape index (κ2) is 4.76. The Morgan fingerprint density at radius 1 is 1.21 bits per heavy atom. The third-order valence-corrected chi connectivity index (χ3v) is 3.51. The van der Waals surface area contributed by atoms with Crippen molar-refractivity contribution in [1.29, 1.82) is 0 Å². The van der Waals surface area contributed by atoms with Crippen LogP contribution in [0.4, 0.5) is 5.69 Å². The SMILES string of the molecule is C=C(C(=O)O)N(C)c1cc(C)c2ccccc2c1C. The number of aliphatic carboxylic acids is 1. The van der Waals surface area contributed by atoms with Crippen molar-refractivity contribution < 1.29 is 9.90 Å². The van der Waals surface area contributed by atoms with E-state index in [1.807, 2.05) is 32.0 Å². The van der Waals surface area contributed by atoms with E-state index in [9.17, 15) is 4.79 Å². The number of hydrogen-bond donors (Lipinski definition) is 1. The first kappa shape index (κ1) is 13.1. The summed E-state index contributed by atoms with van der Waals surface area (Å²) >= 11 is 0. The Kier molecular flexibility index (Phi) is 3.30. The van der Waals surface area contributed by atoms with Gasteiger partial charge in [0.05, 0.1) is 0 Å². The summed E-state index contributed by atoms with van der Waals surface area (Å²) in [5, 5.41) is 11.4. The molecule has 3 heteroatoms. The van der Waals surface area contributed by atoms with Crippen LogP contribution in [-0.2, 0) is 4.79 Å². The number of benzene rings is 2. The molecule has 0 aromatic heterocycles. The fraction of sp³-hybridized carbons (Fsp3) is 0.188. The van der Waals surface area contributed by atoms with Gasteiger partial charge in [0.1, 0.15) is 5.70 Å². The number of hydrogen-bond acceptors (Lipinski definition) is 2. The van der Waals surface area contributed by atoms with Gasteiger partial charge in [-0.2, -0.15) is 0 Å². The van der Waals surface area contributed by atoms with Gasteiger partial charge < -0.3 is 10.0 Å². The van der Waals surface area contributed by atoms with Gasteiger partial charge in [0.25, 0.3) is 0 Å². The van der Waals surface area contributed by atoms with Crippen LogP contribution < -0.4 is 4.90 Å². The van der Waals surface area contributed by atoms with Gasteiger partial charge in [0.15, 0.2) is 0 Å². The zero-order valence-electron chi connectivity index (χ0n) is 11.4. The molecule has 0 radical (unpaired) electrons. The summed E-state index contributed by atoms with van der Waals surface area (Å²) in [5.41, 5.74) is 3.13. The number of likely N-dealkylation sites (N-methyl/N-ethyl adjacent to an activating group) is 1. The molecule has 0 unspecified atom stereocenters. The Morgan fingerprint density at radius 3 is 2.37 bits per heavy atom. The molecule has 0 fully saturated rings. The third-order valence-electron chi connectivity index (χ3n) is 3.51. The summed E-state index contributed by atoms with van der Waals surface area (Å²) in [6, 6.07) is 10.1. The lowest BCUT2D eigenvalue weighted by molar-refractivity contribution is -0.132. The predicted octanol–water partition coefficient (Wildman–Crippen LogP) is 3.49. The molecule has 0 saturated carbocycles. The zero-order chi connectivity index (χ0) is 14.2. The Bertz CT molecular complexity index is 674. The molecule has 0 aliphatic rings. The number of carboxylic acid groups (broad SMARTS) is 1. The van der Waals surface area contributed by atoms with Crippen LogP contribution in [0.15, 0.2) is 42.6 Å². The molecule has 2 aromatic carbocycles. The number of rotatable bonds is 3. The number of fused-ring (bicyclic) bond motifs is 1. The Balaban J connectivity index is 2.65. The molecule has 2 rings (SSSR count). The molecular weight excluding hydrogens is 238 g/mol. The van der Waals surface area contributed by atoms with Gasteiger partial charge >= 0.3 is 5.97 Å². The molecule has 0 amide bonds. The fourth-order valence-corrected chi connectivity index (χ4v) is 2.32. The van der Waals surface area contributed by atoms with Crippen molar-refractivity contribution in [2.24, 2.45) is 0 Å². The molecule has 98 valence electrons. The molecule has 19 heavy (non-hydrogen) atoms. The van der Waals surface area contributed by atoms with Gasteiger partial charge in [0, 0.05) is 12.7 Å². The molecule has 0 aliphatic carbocycles. The second-order valence-corrected chi connectivity index (χ2v) is 4.69. The largest absolute Gasteiger partial charge is 0.477 e. The summed E-state index contributed by atoms with van der Waals surface area (Å²) in [6.07, 6.45) is 0. The van der Waals surface area contributed by atoms with E-state index >= 15 is 0 Å². The molecule has 0 spiro atoms. The lowest BCUT2D eigenvalue weighted by Crippen LogP contribution is -2.22. The standard InChI is InChI=1S/C16H17NO2/c1-10-9-15(17(4)12(3)16(18)19)11(2)14-8-6-5-7-13(10)14/h5-9H,3H2,1-2,4H3,(H,18,19). The smallest absolute Gasteiger partial charge is 0.351 e. The van der Waals surface area contributed by atoms with Crippen molar-refractivity contribution in [2.45, 2.75) is 13.8 Å². The van der Waals surface area contributed by atoms with Crippen LogP contribution in [-0.4, -0.2) is 18.1 Å². The van der Waals surface area contributed by atoms with E-state index in [4.69, 9.17) is 5.11 Å². The maximum atomic E-state index is 11.0. The monoisotopic (exact) mass is 255 g/mol. The third kappa shape index (κ3) is 2.19. The Labute approximate surface area is 112 Å². The molecule has 0 saturated heterocycles. The minimum Gasteiger partial charge on any atom is -0.477 e. The molecule has 0 aliphatic heterocycles. The summed E-state index contributed by atoms with van der Waals surface area (Å²) in [4.78, 5) is 12.7. The highest BCUT2D eigenvalue weighted by atomic mass is 16.4. The lowest BCUT2D eigenvalue weighted by Gasteiger charge is -2.23. The summed E-state index contributed by atoms with van der Waals surface area (Å²) in [5.74, 6) is -1.01. The van der Waals surface area contributed by atoms with Gasteiger partial charge in [-0.3, -0.25) is 0 Å². The second-order valence-electron chi connectivity index (χ2n) is 4.69. The molecule has 0 heterocycles. The Morgan fingerprint density at radius 2 is 1.79 bits per heavy atom. The summed E-state index contributed by atoms with van der Waals surface area (Å²) < 4.78 is 0. The predicted molar refractivity (Wildman–Crippen MR) is 78.6 cm³/mol. The highest BCUT2D eigenvalue weighted by molar-refractivity contribution is 5.96. The van der Waals surface area contributed by atoms with Crippen LogP contribution in [0.3, 0.4) is 0 Å². The van der Waals surface area contributed by atoms with Crippen molar-refractivity contribution in [3.63, 3.8) is 0 Å². The number of carboxylic acids is 1. The number of carbonyl (C=O) groups is 1. The van der Waals surface area contributed by atoms with Crippen LogP contribution >= 0.6 is 0 Å². The van der Waals surface area contributed by atoms with E-state index in [1.165, 1.54) is 5.39 Å². The average molecular weight is 255 g/mol. The van der Waals surface area contributed by atoms with Crippen LogP contribution in [0.1, 0.15) is 11.1 Å². The van der Waals surface area contributed by atoms with Crippen molar-refractivity contribution in [2.75, 3.05) is 11.9 Å². The number of nitrogens with zero attached hydrogens (tertiary/aromatic N) is 1. The van der Waals surface area contributed by atoms with Crippen LogP contribution in [0.5, 0.6) is 0 Å². The highest BCUT2D eigenvalue weighted by Gasteiger charge is 2.15.